The average molecular weight is 489 g/mol. The number of hydrogen-bond donors (Lipinski definition) is 3. The summed E-state index contributed by atoms with van der Waals surface area (Å²) in [4.78, 5) is 13.4. The summed E-state index contributed by atoms with van der Waals surface area (Å²) < 4.78 is 19.4. The molecule has 0 aromatic rings. The van der Waals surface area contributed by atoms with Crippen LogP contribution in [0.15, 0.2) is 12.2 Å². The Morgan fingerprint density at radius 1 is 1.03 bits per heavy atom. The van der Waals surface area contributed by atoms with E-state index in [9.17, 15) is 20.1 Å². The molecule has 0 aromatic carbocycles. The van der Waals surface area contributed by atoms with Crippen molar-refractivity contribution in [1.82, 2.24) is 0 Å². The van der Waals surface area contributed by atoms with E-state index in [4.69, 9.17) is 14.2 Å². The molecule has 0 aromatic heterocycles. The second kappa shape index (κ2) is 6.41. The number of aliphatic hydroxyl groups is 3. The molecule has 7 heteroatoms. The minimum Gasteiger partial charge on any atom is -0.386 e. The number of hydrogen-bond acceptors (Lipinski definition) is 7. The molecule has 6 fully saturated rings. The monoisotopic (exact) mass is 488 g/mol. The highest BCUT2D eigenvalue weighted by Crippen LogP contribution is 2.74. The maximum absolute atomic E-state index is 13.4. The summed E-state index contributed by atoms with van der Waals surface area (Å²) in [5.41, 5.74) is -5.08. The molecule has 7 nitrogen and oxygen atoms in total. The molecule has 3 aliphatic heterocycles. The zero-order chi connectivity index (χ0) is 25.0. The highest BCUT2D eigenvalue weighted by Gasteiger charge is 2.80. The van der Waals surface area contributed by atoms with Crippen molar-refractivity contribution in [3.05, 3.63) is 12.2 Å². The lowest BCUT2D eigenvalue weighted by Gasteiger charge is -2.67. The number of rotatable bonds is 0. The number of carbonyl (C=O) groups excluding carboxylic acids is 1. The van der Waals surface area contributed by atoms with Gasteiger partial charge < -0.3 is 29.5 Å². The number of ether oxygens (including phenoxy) is 3. The van der Waals surface area contributed by atoms with Gasteiger partial charge in [-0.2, -0.15) is 0 Å². The first-order chi connectivity index (χ1) is 16.3. The number of allylic oxidation sites excluding steroid dienone is 1. The molecule has 0 radical (unpaired) electrons. The van der Waals surface area contributed by atoms with Crippen molar-refractivity contribution in [2.45, 2.75) is 120 Å². The van der Waals surface area contributed by atoms with Gasteiger partial charge in [-0.15, -0.1) is 0 Å². The molecule has 3 saturated heterocycles. The molecule has 7 aliphatic rings. The van der Waals surface area contributed by atoms with Crippen molar-refractivity contribution >= 4 is 5.78 Å². The quantitative estimate of drug-likeness (QED) is 0.450. The predicted octanol–water partition coefficient (Wildman–Crippen LogP) is 2.50. The van der Waals surface area contributed by atoms with E-state index in [1.165, 1.54) is 0 Å². The lowest BCUT2D eigenvalue weighted by Crippen LogP contribution is -2.76. The van der Waals surface area contributed by atoms with Crippen molar-refractivity contribution in [3.8, 4) is 0 Å². The van der Waals surface area contributed by atoms with Crippen LogP contribution < -0.4 is 0 Å². The zero-order valence-corrected chi connectivity index (χ0v) is 21.5. The molecule has 0 amide bonds. The van der Waals surface area contributed by atoms with E-state index in [0.717, 1.165) is 25.7 Å². The van der Waals surface area contributed by atoms with Gasteiger partial charge in [-0.25, -0.2) is 0 Å². The van der Waals surface area contributed by atoms with Gasteiger partial charge in [-0.1, -0.05) is 19.9 Å². The molecule has 35 heavy (non-hydrogen) atoms. The van der Waals surface area contributed by atoms with Gasteiger partial charge in [0.1, 0.15) is 22.9 Å². The minimum atomic E-state index is -1.51. The summed E-state index contributed by atoms with van der Waals surface area (Å²) in [5.74, 6) is 0.637. The minimum absolute atomic E-state index is 0.0210. The summed E-state index contributed by atoms with van der Waals surface area (Å²) in [6, 6.07) is 0. The second-order valence-electron chi connectivity index (χ2n) is 13.8. The van der Waals surface area contributed by atoms with Crippen LogP contribution in [0.4, 0.5) is 0 Å². The molecule has 0 unspecified atom stereocenters. The fraction of sp³-hybridized carbons (Fsp3) is 0.893. The zero-order valence-electron chi connectivity index (χ0n) is 21.5. The molecule has 194 valence electrons. The Balaban J connectivity index is 1.30. The van der Waals surface area contributed by atoms with Crippen LogP contribution >= 0.6 is 0 Å². The molecule has 4 aliphatic carbocycles. The number of fused-ring (bicyclic) bond motifs is 11. The second-order valence-corrected chi connectivity index (χ2v) is 13.8. The first-order valence-electron chi connectivity index (χ1n) is 13.6. The molecule has 7 rings (SSSR count). The SMILES string of the molecule is C[C@@H]1[C@H]2C[C@](C)(O[C@]13CC[C@H]1[C@@H]4[C@@H]5O[C@@H]5[C@@]5(O)CC=CC(=O)[C@]5(C)[C@H]4CC[C@@]13C)[C@](C)(O)[C@H](O)O2. The van der Waals surface area contributed by atoms with Gasteiger partial charge in [-0.3, -0.25) is 4.79 Å². The predicted molar refractivity (Wildman–Crippen MR) is 125 cm³/mol. The van der Waals surface area contributed by atoms with Crippen LogP contribution in [0.1, 0.15) is 73.1 Å². The van der Waals surface area contributed by atoms with Crippen LogP contribution in [0.3, 0.4) is 0 Å². The molecule has 3 saturated carbocycles. The van der Waals surface area contributed by atoms with Crippen LogP contribution in [0.25, 0.3) is 0 Å². The average Bonchev–Trinajstić information content (AvgIpc) is 3.54. The van der Waals surface area contributed by atoms with E-state index in [2.05, 4.69) is 13.8 Å². The van der Waals surface area contributed by atoms with Crippen LogP contribution in [0.5, 0.6) is 0 Å². The highest BCUT2D eigenvalue weighted by atomic mass is 16.6. The third-order valence-electron chi connectivity index (χ3n) is 12.9. The van der Waals surface area contributed by atoms with Crippen LogP contribution in [-0.4, -0.2) is 68.1 Å². The van der Waals surface area contributed by atoms with Crippen LogP contribution in [0.2, 0.25) is 0 Å². The van der Waals surface area contributed by atoms with Crippen molar-refractivity contribution in [1.29, 1.82) is 0 Å². The summed E-state index contributed by atoms with van der Waals surface area (Å²) in [7, 11) is 0. The fourth-order valence-corrected chi connectivity index (χ4v) is 10.4. The number of epoxide rings is 1. The molecule has 14 atom stereocenters. The Hall–Kier alpha value is -0.830. The van der Waals surface area contributed by atoms with Crippen LogP contribution in [-0.2, 0) is 19.0 Å². The van der Waals surface area contributed by atoms with E-state index in [1.807, 2.05) is 19.9 Å². The molecule has 1 spiro atoms. The topological polar surface area (TPSA) is 109 Å². The van der Waals surface area contributed by atoms with Crippen LogP contribution in [0, 0.1) is 34.5 Å². The fourth-order valence-electron chi connectivity index (χ4n) is 10.4. The van der Waals surface area contributed by atoms with E-state index < -0.39 is 34.1 Å². The van der Waals surface area contributed by atoms with Gasteiger partial charge in [0.15, 0.2) is 12.1 Å². The normalized spacial score (nSPS) is 66.5. The summed E-state index contributed by atoms with van der Waals surface area (Å²) in [6.45, 7) is 10.1. The molecular formula is C28H40O7. The van der Waals surface area contributed by atoms with E-state index in [-0.39, 0.29) is 53.2 Å². The van der Waals surface area contributed by atoms with Gasteiger partial charge in [0.25, 0.3) is 0 Å². The van der Waals surface area contributed by atoms with Crippen molar-refractivity contribution < 1.29 is 34.3 Å². The maximum Gasteiger partial charge on any atom is 0.186 e. The number of aliphatic hydroxyl groups excluding tert-OH is 1. The first kappa shape index (κ1) is 23.3. The molecule has 3 heterocycles. The standard InChI is InChI=1S/C28H40O7/c1-14-17-13-24(3,26(5,31)22(30)33-17)35-28(14)12-9-15-19-16(8-11-23(15,28)2)25(4)18(29)7-6-10-27(25,32)21-20(19)34-21/h6-7,14-17,19-22,30-32H,8-13H2,1-5H3/t14-,15+,16+,17-,19+,20+,21+,22-,23+,24+,25+,26-,27+,28-/m1/s1. The van der Waals surface area contributed by atoms with Crippen molar-refractivity contribution in [2.24, 2.45) is 34.5 Å². The summed E-state index contributed by atoms with van der Waals surface area (Å²) >= 11 is 0. The van der Waals surface area contributed by atoms with Crippen molar-refractivity contribution in [3.63, 3.8) is 0 Å². The number of ketones is 1. The van der Waals surface area contributed by atoms with Gasteiger partial charge in [0.2, 0.25) is 0 Å². The molecule has 2 bridgehead atoms. The van der Waals surface area contributed by atoms with Gasteiger partial charge >= 0.3 is 0 Å². The Kier molecular flexibility index (Phi) is 4.27. The largest absolute Gasteiger partial charge is 0.386 e. The third-order valence-corrected chi connectivity index (χ3v) is 12.9. The van der Waals surface area contributed by atoms with Gasteiger partial charge in [0, 0.05) is 17.8 Å². The lowest BCUT2D eigenvalue weighted by atomic mass is 9.43. The highest BCUT2D eigenvalue weighted by molar-refractivity contribution is 5.97. The van der Waals surface area contributed by atoms with Gasteiger partial charge in [-0.05, 0) is 76.7 Å². The van der Waals surface area contributed by atoms with Crippen molar-refractivity contribution in [2.75, 3.05) is 0 Å². The Bertz CT molecular complexity index is 1020. The Labute approximate surface area is 207 Å². The van der Waals surface area contributed by atoms with E-state index in [0.29, 0.717) is 12.8 Å². The maximum atomic E-state index is 13.4. The molecule has 3 N–H and O–H groups in total. The first-order valence-corrected chi connectivity index (χ1v) is 13.6. The summed E-state index contributed by atoms with van der Waals surface area (Å²) in [6.07, 6.45) is 6.26. The Morgan fingerprint density at radius 2 is 1.74 bits per heavy atom. The van der Waals surface area contributed by atoms with E-state index in [1.54, 1.807) is 13.0 Å². The van der Waals surface area contributed by atoms with E-state index >= 15 is 0 Å². The van der Waals surface area contributed by atoms with Gasteiger partial charge in [0.05, 0.1) is 23.2 Å². The lowest BCUT2D eigenvalue weighted by molar-refractivity contribution is -0.406. The summed E-state index contributed by atoms with van der Waals surface area (Å²) in [5, 5.41) is 33.7. The smallest absolute Gasteiger partial charge is 0.186 e. The third kappa shape index (κ3) is 2.31. The number of carbonyl (C=O) groups is 1. The molecular weight excluding hydrogens is 448 g/mol. The Morgan fingerprint density at radius 3 is 2.49 bits per heavy atom.